The lowest BCUT2D eigenvalue weighted by Gasteiger charge is -2.23. The largest absolute Gasteiger partial charge is 0.325 e. The van der Waals surface area contributed by atoms with E-state index >= 15 is 0 Å². The van der Waals surface area contributed by atoms with Gasteiger partial charge in [0.25, 0.3) is 0 Å². The smallest absolute Gasteiger partial charge is 0.243 e. The molecule has 0 saturated heterocycles. The molecule has 0 aliphatic carbocycles. The molecule has 3 aromatic rings. The molecule has 0 aliphatic rings. The summed E-state index contributed by atoms with van der Waals surface area (Å²) in [5.41, 5.74) is 1.03. The lowest BCUT2D eigenvalue weighted by Crippen LogP contribution is -2.38. The van der Waals surface area contributed by atoms with E-state index in [1.807, 2.05) is 0 Å². The number of carbonyl (C=O) groups excluding carboxylic acids is 1. The van der Waals surface area contributed by atoms with Gasteiger partial charge in [-0.1, -0.05) is 46.9 Å². The minimum Gasteiger partial charge on any atom is -0.325 e. The molecule has 1 amide bonds. The number of sulfonamides is 1. The molecular weight excluding hydrogens is 498 g/mol. The van der Waals surface area contributed by atoms with Gasteiger partial charge in [-0.25, -0.2) is 12.8 Å². The molecule has 0 saturated carbocycles. The summed E-state index contributed by atoms with van der Waals surface area (Å²) in [5, 5.41) is 3.50. The Morgan fingerprint density at radius 3 is 2.25 bits per heavy atom. The number of nitrogens with zero attached hydrogens (tertiary/aromatic N) is 1. The molecule has 168 valence electrons. The van der Waals surface area contributed by atoms with E-state index in [-0.39, 0.29) is 15.5 Å². The van der Waals surface area contributed by atoms with Gasteiger partial charge in [0, 0.05) is 32.9 Å². The third-order valence-electron chi connectivity index (χ3n) is 4.71. The van der Waals surface area contributed by atoms with Crippen molar-refractivity contribution in [1.82, 2.24) is 4.31 Å². The second-order valence-corrected chi connectivity index (χ2v) is 10.1. The summed E-state index contributed by atoms with van der Waals surface area (Å²) in [7, 11) is -4.19. The Bertz CT molecular complexity index is 1230. The van der Waals surface area contributed by atoms with E-state index in [1.165, 1.54) is 42.5 Å². The van der Waals surface area contributed by atoms with Crippen LogP contribution in [0.3, 0.4) is 0 Å². The Balaban J connectivity index is 1.95. The minimum absolute atomic E-state index is 0.0431. The van der Waals surface area contributed by atoms with Crippen molar-refractivity contribution < 1.29 is 17.6 Å². The summed E-state index contributed by atoms with van der Waals surface area (Å²) < 4.78 is 41.8. The lowest BCUT2D eigenvalue weighted by molar-refractivity contribution is -0.116. The SMILES string of the molecule is Cc1c(Cl)cccc1NC(=O)CN(Cc1c(F)cccc1Cl)S(=O)(=O)c1ccc(Cl)cc1. The van der Waals surface area contributed by atoms with E-state index in [0.717, 1.165) is 4.31 Å². The summed E-state index contributed by atoms with van der Waals surface area (Å²) in [5.74, 6) is -1.31. The van der Waals surface area contributed by atoms with Gasteiger partial charge < -0.3 is 5.32 Å². The molecule has 0 unspecified atom stereocenters. The van der Waals surface area contributed by atoms with Gasteiger partial charge in [0.05, 0.1) is 11.4 Å². The highest BCUT2D eigenvalue weighted by atomic mass is 35.5. The van der Waals surface area contributed by atoms with Gasteiger partial charge in [-0.3, -0.25) is 4.79 Å². The van der Waals surface area contributed by atoms with Crippen LogP contribution in [-0.4, -0.2) is 25.2 Å². The van der Waals surface area contributed by atoms with Crippen molar-refractivity contribution in [3.8, 4) is 0 Å². The number of hydrogen-bond acceptors (Lipinski definition) is 3. The van der Waals surface area contributed by atoms with Crippen molar-refractivity contribution in [3.63, 3.8) is 0 Å². The molecular formula is C22H18Cl3FN2O3S. The molecule has 0 heterocycles. The highest BCUT2D eigenvalue weighted by molar-refractivity contribution is 7.89. The zero-order chi connectivity index (χ0) is 23.5. The maximum Gasteiger partial charge on any atom is 0.243 e. The highest BCUT2D eigenvalue weighted by Crippen LogP contribution is 2.26. The average Bonchev–Trinajstić information content (AvgIpc) is 2.73. The summed E-state index contributed by atoms with van der Waals surface area (Å²) in [6.07, 6.45) is 0. The maximum absolute atomic E-state index is 14.4. The monoisotopic (exact) mass is 514 g/mol. The van der Waals surface area contributed by atoms with Crippen molar-refractivity contribution in [3.05, 3.63) is 92.7 Å². The topological polar surface area (TPSA) is 66.5 Å². The van der Waals surface area contributed by atoms with Crippen molar-refractivity contribution in [1.29, 1.82) is 0 Å². The number of halogens is 4. The Hall–Kier alpha value is -2.16. The van der Waals surface area contributed by atoms with E-state index in [1.54, 1.807) is 25.1 Å². The normalized spacial score (nSPS) is 11.6. The van der Waals surface area contributed by atoms with E-state index < -0.39 is 34.8 Å². The second kappa shape index (κ2) is 10.2. The molecule has 3 rings (SSSR count). The lowest BCUT2D eigenvalue weighted by atomic mass is 10.2. The molecule has 0 bridgehead atoms. The van der Waals surface area contributed by atoms with Crippen LogP contribution in [0, 0.1) is 12.7 Å². The summed E-state index contributed by atoms with van der Waals surface area (Å²) >= 11 is 18.1. The van der Waals surface area contributed by atoms with E-state index in [2.05, 4.69) is 5.32 Å². The number of hydrogen-bond donors (Lipinski definition) is 1. The van der Waals surface area contributed by atoms with E-state index in [9.17, 15) is 17.6 Å². The molecule has 0 atom stereocenters. The number of nitrogens with one attached hydrogen (secondary N) is 1. The van der Waals surface area contributed by atoms with Gasteiger partial charge in [0.1, 0.15) is 5.82 Å². The number of amides is 1. The Kier molecular flexibility index (Phi) is 7.79. The van der Waals surface area contributed by atoms with Crippen LogP contribution < -0.4 is 5.32 Å². The van der Waals surface area contributed by atoms with E-state index in [4.69, 9.17) is 34.8 Å². The number of carbonyl (C=O) groups is 1. The number of benzene rings is 3. The van der Waals surface area contributed by atoms with Crippen LogP contribution in [0.15, 0.2) is 65.6 Å². The van der Waals surface area contributed by atoms with Crippen LogP contribution in [0.5, 0.6) is 0 Å². The summed E-state index contributed by atoms with van der Waals surface area (Å²) in [6, 6.07) is 14.5. The Morgan fingerprint density at radius 2 is 1.59 bits per heavy atom. The van der Waals surface area contributed by atoms with Gasteiger partial charge >= 0.3 is 0 Å². The van der Waals surface area contributed by atoms with Crippen molar-refractivity contribution in [2.75, 3.05) is 11.9 Å². The first-order valence-electron chi connectivity index (χ1n) is 9.33. The van der Waals surface area contributed by atoms with Crippen molar-refractivity contribution in [2.45, 2.75) is 18.4 Å². The first-order valence-corrected chi connectivity index (χ1v) is 11.9. The maximum atomic E-state index is 14.4. The fraction of sp³-hybridized carbons (Fsp3) is 0.136. The van der Waals surface area contributed by atoms with Crippen LogP contribution in [0.25, 0.3) is 0 Å². The third-order valence-corrected chi connectivity index (χ3v) is 7.53. The summed E-state index contributed by atoms with van der Waals surface area (Å²) in [4.78, 5) is 12.7. The van der Waals surface area contributed by atoms with Crippen molar-refractivity contribution >= 4 is 56.4 Å². The zero-order valence-electron chi connectivity index (χ0n) is 16.8. The second-order valence-electron chi connectivity index (χ2n) is 6.89. The molecule has 0 spiro atoms. The van der Waals surface area contributed by atoms with Crippen LogP contribution in [0.4, 0.5) is 10.1 Å². The predicted octanol–water partition coefficient (Wildman–Crippen LogP) is 5.92. The van der Waals surface area contributed by atoms with Gasteiger partial charge in [0.15, 0.2) is 0 Å². The molecule has 0 fully saturated rings. The Labute approximate surface area is 200 Å². The van der Waals surface area contributed by atoms with Crippen LogP contribution >= 0.6 is 34.8 Å². The quantitative estimate of drug-likeness (QED) is 0.424. The third kappa shape index (κ3) is 5.60. The molecule has 0 aromatic heterocycles. The molecule has 1 N–H and O–H groups in total. The fourth-order valence-corrected chi connectivity index (χ4v) is 4.82. The molecule has 3 aromatic carbocycles. The standard InChI is InChI=1S/C22H18Cl3FN2O3S/c1-14-18(24)4-3-7-21(14)27-22(29)13-28(12-17-19(25)5-2-6-20(17)26)32(30,31)16-10-8-15(23)9-11-16/h2-11H,12-13H2,1H3,(H,27,29). The number of rotatable bonds is 7. The van der Waals surface area contributed by atoms with Gasteiger partial charge in [-0.15, -0.1) is 0 Å². The molecule has 32 heavy (non-hydrogen) atoms. The first-order chi connectivity index (χ1) is 15.1. The van der Waals surface area contributed by atoms with Gasteiger partial charge in [-0.2, -0.15) is 4.31 Å². The molecule has 10 heteroatoms. The highest BCUT2D eigenvalue weighted by Gasteiger charge is 2.29. The molecule has 5 nitrogen and oxygen atoms in total. The van der Waals surface area contributed by atoms with Crippen molar-refractivity contribution in [2.24, 2.45) is 0 Å². The van der Waals surface area contributed by atoms with Gasteiger partial charge in [-0.05, 0) is 61.0 Å². The molecule has 0 aliphatic heterocycles. The first kappa shape index (κ1) is 24.5. The van der Waals surface area contributed by atoms with Crippen LogP contribution in [0.1, 0.15) is 11.1 Å². The fourth-order valence-electron chi connectivity index (χ4n) is 2.93. The average molecular weight is 516 g/mol. The minimum atomic E-state index is -4.19. The predicted molar refractivity (Wildman–Crippen MR) is 125 cm³/mol. The van der Waals surface area contributed by atoms with Crippen LogP contribution in [-0.2, 0) is 21.4 Å². The zero-order valence-corrected chi connectivity index (χ0v) is 19.9. The number of anilines is 1. The Morgan fingerprint density at radius 1 is 0.969 bits per heavy atom. The van der Waals surface area contributed by atoms with Crippen LogP contribution in [0.2, 0.25) is 15.1 Å². The summed E-state index contributed by atoms with van der Waals surface area (Å²) in [6.45, 7) is 0.694. The van der Waals surface area contributed by atoms with E-state index in [0.29, 0.717) is 21.3 Å². The molecule has 0 radical (unpaired) electrons. The van der Waals surface area contributed by atoms with Gasteiger partial charge in [0.2, 0.25) is 15.9 Å².